The fraction of sp³-hybridized carbons (Fsp3) is 0.667. The first-order chi connectivity index (χ1) is 10.2. The second-order valence-electron chi connectivity index (χ2n) is 6.28. The molecule has 0 amide bonds. The van der Waals surface area contributed by atoms with Crippen LogP contribution in [-0.2, 0) is 4.74 Å². The average molecular weight is 291 g/mol. The Labute approximate surface area is 128 Å². The van der Waals surface area contributed by atoms with E-state index in [0.717, 1.165) is 11.5 Å². The Bertz CT molecular complexity index is 389. The molecular formula is C18H29NO2. The predicted octanol–water partition coefficient (Wildman–Crippen LogP) is 3.29. The van der Waals surface area contributed by atoms with Gasteiger partial charge in [-0.05, 0) is 38.2 Å². The van der Waals surface area contributed by atoms with Gasteiger partial charge in [0.1, 0.15) is 0 Å². The van der Waals surface area contributed by atoms with Gasteiger partial charge in [-0.2, -0.15) is 0 Å². The maximum Gasteiger partial charge on any atom is 0.0898 e. The monoisotopic (exact) mass is 291 g/mol. The molecule has 21 heavy (non-hydrogen) atoms. The number of ether oxygens (including phenoxy) is 1. The number of rotatable bonds is 8. The summed E-state index contributed by atoms with van der Waals surface area (Å²) in [5.41, 5.74) is 1.15. The summed E-state index contributed by atoms with van der Waals surface area (Å²) in [4.78, 5) is 0. The maximum absolute atomic E-state index is 10.0. The van der Waals surface area contributed by atoms with Crippen LogP contribution in [0.1, 0.15) is 51.2 Å². The molecule has 0 spiro atoms. The molecule has 0 saturated heterocycles. The SMILES string of the molecule is CC(OCC(O)CN[C@@H](C)C1CCCC1)c1ccccc1. The minimum Gasteiger partial charge on any atom is -0.389 e. The van der Waals surface area contributed by atoms with Crippen LogP contribution in [0.3, 0.4) is 0 Å². The van der Waals surface area contributed by atoms with Crippen molar-refractivity contribution in [3.63, 3.8) is 0 Å². The van der Waals surface area contributed by atoms with Crippen LogP contribution >= 0.6 is 0 Å². The molecule has 1 aromatic carbocycles. The summed E-state index contributed by atoms with van der Waals surface area (Å²) < 4.78 is 5.76. The van der Waals surface area contributed by atoms with Crippen LogP contribution in [-0.4, -0.2) is 30.4 Å². The smallest absolute Gasteiger partial charge is 0.0898 e. The highest BCUT2D eigenvalue weighted by Gasteiger charge is 2.21. The molecule has 3 nitrogen and oxygen atoms in total. The van der Waals surface area contributed by atoms with Crippen molar-refractivity contribution in [3.8, 4) is 0 Å². The van der Waals surface area contributed by atoms with Crippen LogP contribution in [0.25, 0.3) is 0 Å². The lowest BCUT2D eigenvalue weighted by Crippen LogP contribution is -2.39. The molecule has 0 aliphatic heterocycles. The Morgan fingerprint density at radius 3 is 2.52 bits per heavy atom. The molecular weight excluding hydrogens is 262 g/mol. The van der Waals surface area contributed by atoms with Gasteiger partial charge in [0, 0.05) is 12.6 Å². The Kier molecular flexibility index (Phi) is 6.68. The van der Waals surface area contributed by atoms with Crippen LogP contribution in [0, 0.1) is 5.92 Å². The summed E-state index contributed by atoms with van der Waals surface area (Å²) in [5.74, 6) is 0.779. The third kappa shape index (κ3) is 5.42. The van der Waals surface area contributed by atoms with Gasteiger partial charge in [-0.1, -0.05) is 43.2 Å². The lowest BCUT2D eigenvalue weighted by Gasteiger charge is -2.23. The number of hydrogen-bond donors (Lipinski definition) is 2. The van der Waals surface area contributed by atoms with Gasteiger partial charge in [0.2, 0.25) is 0 Å². The van der Waals surface area contributed by atoms with Crippen LogP contribution in [0.4, 0.5) is 0 Å². The van der Waals surface area contributed by atoms with Gasteiger partial charge in [0.25, 0.3) is 0 Å². The van der Waals surface area contributed by atoms with Crippen molar-refractivity contribution in [1.29, 1.82) is 0 Å². The van der Waals surface area contributed by atoms with E-state index in [-0.39, 0.29) is 6.10 Å². The van der Waals surface area contributed by atoms with E-state index >= 15 is 0 Å². The van der Waals surface area contributed by atoms with E-state index in [0.29, 0.717) is 19.2 Å². The normalized spacial score (nSPS) is 20.3. The Morgan fingerprint density at radius 1 is 1.19 bits per heavy atom. The highest BCUT2D eigenvalue weighted by molar-refractivity contribution is 5.16. The molecule has 0 heterocycles. The van der Waals surface area contributed by atoms with E-state index in [4.69, 9.17) is 4.74 Å². The van der Waals surface area contributed by atoms with Gasteiger partial charge in [-0.25, -0.2) is 0 Å². The van der Waals surface area contributed by atoms with Crippen LogP contribution < -0.4 is 5.32 Å². The van der Waals surface area contributed by atoms with Gasteiger partial charge in [0.15, 0.2) is 0 Å². The molecule has 118 valence electrons. The summed E-state index contributed by atoms with van der Waals surface area (Å²) >= 11 is 0. The number of benzene rings is 1. The molecule has 1 fully saturated rings. The third-order valence-corrected chi connectivity index (χ3v) is 4.59. The standard InChI is InChI=1S/C18H29NO2/c1-14(16-8-6-7-9-16)19-12-18(20)13-21-15(2)17-10-4-3-5-11-17/h3-5,10-11,14-16,18-20H,6-9,12-13H2,1-2H3/t14-,15?,18?/m0/s1. The van der Waals surface area contributed by atoms with Crippen molar-refractivity contribution < 1.29 is 9.84 Å². The van der Waals surface area contributed by atoms with Gasteiger partial charge in [0.05, 0.1) is 18.8 Å². The first kappa shape index (κ1) is 16.5. The summed E-state index contributed by atoms with van der Waals surface area (Å²) in [7, 11) is 0. The fourth-order valence-electron chi connectivity index (χ4n) is 3.08. The van der Waals surface area contributed by atoms with Crippen LogP contribution in [0.15, 0.2) is 30.3 Å². The molecule has 1 saturated carbocycles. The molecule has 3 heteroatoms. The molecule has 2 unspecified atom stereocenters. The Hall–Kier alpha value is -0.900. The zero-order chi connectivity index (χ0) is 15.1. The van der Waals surface area contributed by atoms with Crippen LogP contribution in [0.2, 0.25) is 0 Å². The van der Waals surface area contributed by atoms with Gasteiger partial charge >= 0.3 is 0 Å². The molecule has 0 bridgehead atoms. The van der Waals surface area contributed by atoms with Crippen molar-refractivity contribution in [3.05, 3.63) is 35.9 Å². The summed E-state index contributed by atoms with van der Waals surface area (Å²) in [6.07, 6.45) is 4.94. The molecule has 2 rings (SSSR count). The minimum absolute atomic E-state index is 0.0214. The number of nitrogens with one attached hydrogen (secondary N) is 1. The largest absolute Gasteiger partial charge is 0.389 e. The molecule has 1 aromatic rings. The lowest BCUT2D eigenvalue weighted by atomic mass is 10.00. The van der Waals surface area contributed by atoms with Crippen molar-refractivity contribution >= 4 is 0 Å². The minimum atomic E-state index is -0.444. The van der Waals surface area contributed by atoms with Crippen molar-refractivity contribution in [2.45, 2.75) is 57.8 Å². The van der Waals surface area contributed by atoms with Gasteiger partial charge < -0.3 is 15.2 Å². The summed E-state index contributed by atoms with van der Waals surface area (Å²) in [5, 5.41) is 13.5. The first-order valence-electron chi connectivity index (χ1n) is 8.25. The highest BCUT2D eigenvalue weighted by atomic mass is 16.5. The zero-order valence-corrected chi connectivity index (χ0v) is 13.3. The number of aliphatic hydroxyl groups excluding tert-OH is 1. The van der Waals surface area contributed by atoms with Crippen molar-refractivity contribution in [2.75, 3.05) is 13.2 Å². The number of aliphatic hydroxyl groups is 1. The highest BCUT2D eigenvalue weighted by Crippen LogP contribution is 2.27. The van der Waals surface area contributed by atoms with E-state index in [1.54, 1.807) is 0 Å². The van der Waals surface area contributed by atoms with E-state index in [9.17, 15) is 5.11 Å². The van der Waals surface area contributed by atoms with E-state index in [1.165, 1.54) is 25.7 Å². The molecule has 3 atom stereocenters. The molecule has 1 aliphatic carbocycles. The summed E-state index contributed by atoms with van der Waals surface area (Å²) in [6, 6.07) is 10.6. The first-order valence-corrected chi connectivity index (χ1v) is 8.25. The Balaban J connectivity index is 1.64. The van der Waals surface area contributed by atoms with E-state index in [2.05, 4.69) is 24.4 Å². The topological polar surface area (TPSA) is 41.5 Å². The fourth-order valence-corrected chi connectivity index (χ4v) is 3.08. The van der Waals surface area contributed by atoms with Crippen molar-refractivity contribution in [1.82, 2.24) is 5.32 Å². The average Bonchev–Trinajstić information content (AvgIpc) is 3.05. The second kappa shape index (κ2) is 8.52. The zero-order valence-electron chi connectivity index (χ0n) is 13.3. The predicted molar refractivity (Wildman–Crippen MR) is 86.2 cm³/mol. The van der Waals surface area contributed by atoms with Gasteiger partial charge in [-0.3, -0.25) is 0 Å². The molecule has 0 aromatic heterocycles. The van der Waals surface area contributed by atoms with Crippen molar-refractivity contribution in [2.24, 2.45) is 5.92 Å². The molecule has 0 radical (unpaired) electrons. The molecule has 2 N–H and O–H groups in total. The third-order valence-electron chi connectivity index (χ3n) is 4.59. The number of hydrogen-bond acceptors (Lipinski definition) is 3. The summed E-state index contributed by atoms with van der Waals surface area (Å²) in [6.45, 7) is 5.24. The second-order valence-corrected chi connectivity index (χ2v) is 6.28. The van der Waals surface area contributed by atoms with E-state index in [1.807, 2.05) is 25.1 Å². The Morgan fingerprint density at radius 2 is 1.86 bits per heavy atom. The maximum atomic E-state index is 10.0. The van der Waals surface area contributed by atoms with E-state index < -0.39 is 6.10 Å². The molecule has 1 aliphatic rings. The quantitative estimate of drug-likeness (QED) is 0.772. The lowest BCUT2D eigenvalue weighted by molar-refractivity contribution is -0.00329. The van der Waals surface area contributed by atoms with Crippen LogP contribution in [0.5, 0.6) is 0 Å². The van der Waals surface area contributed by atoms with Gasteiger partial charge in [-0.15, -0.1) is 0 Å².